The molecule has 27 heavy (non-hydrogen) atoms. The quantitative estimate of drug-likeness (QED) is 0.754. The number of benzene rings is 1. The molecular weight excluding hydrogens is 336 g/mol. The van der Waals surface area contributed by atoms with Gasteiger partial charge in [0.2, 0.25) is 5.91 Å². The molecule has 0 unspecified atom stereocenters. The maximum absolute atomic E-state index is 12.2. The second-order valence-electron chi connectivity index (χ2n) is 7.57. The van der Waals surface area contributed by atoms with Crippen molar-refractivity contribution in [1.82, 2.24) is 15.1 Å². The maximum Gasteiger partial charge on any atom is 0.234 e. The van der Waals surface area contributed by atoms with Crippen molar-refractivity contribution < 1.29 is 4.79 Å². The zero-order valence-electron chi connectivity index (χ0n) is 16.1. The Balaban J connectivity index is 1.32. The predicted octanol–water partition coefficient (Wildman–Crippen LogP) is 2.68. The number of hydrogen-bond acceptors (Lipinski definition) is 4. The molecule has 1 N–H and O–H groups in total. The predicted molar refractivity (Wildman–Crippen MR) is 107 cm³/mol. The van der Waals surface area contributed by atoms with E-state index in [2.05, 4.69) is 27.3 Å². The first-order valence-electron chi connectivity index (χ1n) is 10.1. The van der Waals surface area contributed by atoms with E-state index in [-0.39, 0.29) is 5.91 Å². The smallest absolute Gasteiger partial charge is 0.234 e. The van der Waals surface area contributed by atoms with E-state index in [9.17, 15) is 4.79 Å². The number of nitrogens with one attached hydrogen (secondary N) is 1. The van der Waals surface area contributed by atoms with Crippen molar-refractivity contribution in [3.05, 3.63) is 47.0 Å². The lowest BCUT2D eigenvalue weighted by Crippen LogP contribution is -2.49. The summed E-state index contributed by atoms with van der Waals surface area (Å²) >= 11 is 0. The summed E-state index contributed by atoms with van der Waals surface area (Å²) in [6.45, 7) is 5.97. The second kappa shape index (κ2) is 10.2. The molecule has 0 saturated carbocycles. The van der Waals surface area contributed by atoms with E-state index in [1.165, 1.54) is 36.8 Å². The molecule has 1 saturated heterocycles. The van der Waals surface area contributed by atoms with Crippen LogP contribution in [-0.2, 0) is 11.3 Å². The topological polar surface area (TPSA) is 59.4 Å². The van der Waals surface area contributed by atoms with Crippen LogP contribution in [0, 0.1) is 11.3 Å². The summed E-state index contributed by atoms with van der Waals surface area (Å²) in [5.74, 6) is 0.145. The summed E-state index contributed by atoms with van der Waals surface area (Å²) in [5.41, 5.74) is 3.45. The third kappa shape index (κ3) is 6.50. The van der Waals surface area contributed by atoms with Crippen molar-refractivity contribution in [2.75, 3.05) is 39.3 Å². The highest BCUT2D eigenvalue weighted by Crippen LogP contribution is 2.19. The zero-order chi connectivity index (χ0) is 18.9. The summed E-state index contributed by atoms with van der Waals surface area (Å²) in [5, 5.41) is 11.9. The molecular formula is C22H30N4O. The number of amides is 1. The molecule has 0 radical (unpaired) electrons. The normalized spacial score (nSPS) is 18.6. The Hall–Kier alpha value is -2.16. The van der Waals surface area contributed by atoms with Crippen molar-refractivity contribution >= 4 is 5.91 Å². The molecule has 1 heterocycles. The van der Waals surface area contributed by atoms with Crippen molar-refractivity contribution in [2.45, 2.75) is 38.6 Å². The fourth-order valence-corrected chi connectivity index (χ4v) is 3.80. The van der Waals surface area contributed by atoms with Crippen LogP contribution in [0.5, 0.6) is 0 Å². The highest BCUT2D eigenvalue weighted by atomic mass is 16.2. The average molecular weight is 367 g/mol. The van der Waals surface area contributed by atoms with Gasteiger partial charge in [0.1, 0.15) is 0 Å². The van der Waals surface area contributed by atoms with Crippen LogP contribution in [-0.4, -0.2) is 55.0 Å². The number of carbonyl (C=O) groups is 1. The van der Waals surface area contributed by atoms with Gasteiger partial charge in [0, 0.05) is 39.3 Å². The minimum absolute atomic E-state index is 0.145. The van der Waals surface area contributed by atoms with E-state index in [0.717, 1.165) is 45.7 Å². The first kappa shape index (κ1) is 19.6. The summed E-state index contributed by atoms with van der Waals surface area (Å²) < 4.78 is 0. The van der Waals surface area contributed by atoms with Gasteiger partial charge in [-0.2, -0.15) is 5.26 Å². The molecule has 3 rings (SSSR count). The second-order valence-corrected chi connectivity index (χ2v) is 7.57. The lowest BCUT2D eigenvalue weighted by molar-refractivity contribution is -0.122. The van der Waals surface area contributed by atoms with Crippen LogP contribution < -0.4 is 5.32 Å². The Labute approximate surface area is 162 Å². The lowest BCUT2D eigenvalue weighted by Gasteiger charge is -2.34. The van der Waals surface area contributed by atoms with Crippen molar-refractivity contribution in [2.24, 2.45) is 0 Å². The first-order chi connectivity index (χ1) is 13.2. The molecule has 144 valence electrons. The SMILES string of the molecule is N#Cc1ccc(CN2CCN(CC(=O)NCCC3=CCCCC3)CC2)cc1. The van der Waals surface area contributed by atoms with Gasteiger partial charge in [-0.05, 0) is 49.8 Å². The van der Waals surface area contributed by atoms with E-state index in [1.807, 2.05) is 24.3 Å². The van der Waals surface area contributed by atoms with Gasteiger partial charge in [-0.1, -0.05) is 23.8 Å². The van der Waals surface area contributed by atoms with E-state index >= 15 is 0 Å². The highest BCUT2D eigenvalue weighted by molar-refractivity contribution is 5.78. The molecule has 1 fully saturated rings. The number of allylic oxidation sites excluding steroid dienone is 1. The van der Waals surface area contributed by atoms with Gasteiger partial charge in [0.15, 0.2) is 0 Å². The Kier molecular flexibility index (Phi) is 7.44. The molecule has 1 aromatic rings. The third-order valence-corrected chi connectivity index (χ3v) is 5.47. The number of piperazine rings is 1. The number of hydrogen-bond donors (Lipinski definition) is 1. The van der Waals surface area contributed by atoms with Gasteiger partial charge in [-0.25, -0.2) is 0 Å². The number of carbonyl (C=O) groups excluding carboxylic acids is 1. The standard InChI is InChI=1S/C22H30N4O/c23-16-20-6-8-21(9-7-20)17-25-12-14-26(15-13-25)18-22(27)24-11-10-19-4-2-1-3-5-19/h4,6-9H,1-3,5,10-15,17-18H2,(H,24,27). The van der Waals surface area contributed by atoms with Crippen molar-refractivity contribution in [3.8, 4) is 6.07 Å². The Morgan fingerprint density at radius 2 is 1.81 bits per heavy atom. The Bertz CT molecular complexity index is 681. The van der Waals surface area contributed by atoms with E-state index in [1.54, 1.807) is 0 Å². The molecule has 0 atom stereocenters. The zero-order valence-corrected chi connectivity index (χ0v) is 16.1. The van der Waals surface area contributed by atoms with Crippen LogP contribution in [0.1, 0.15) is 43.2 Å². The molecule has 0 aromatic heterocycles. The van der Waals surface area contributed by atoms with Crippen LogP contribution in [0.25, 0.3) is 0 Å². The van der Waals surface area contributed by atoms with Crippen LogP contribution in [0.2, 0.25) is 0 Å². The van der Waals surface area contributed by atoms with Gasteiger partial charge >= 0.3 is 0 Å². The summed E-state index contributed by atoms with van der Waals surface area (Å²) in [6, 6.07) is 9.96. The Morgan fingerprint density at radius 1 is 1.07 bits per heavy atom. The molecule has 1 aliphatic carbocycles. The molecule has 1 aromatic carbocycles. The minimum Gasteiger partial charge on any atom is -0.355 e. The minimum atomic E-state index is 0.145. The van der Waals surface area contributed by atoms with E-state index in [4.69, 9.17) is 5.26 Å². The third-order valence-electron chi connectivity index (χ3n) is 5.47. The van der Waals surface area contributed by atoms with Crippen LogP contribution >= 0.6 is 0 Å². The van der Waals surface area contributed by atoms with Gasteiger partial charge < -0.3 is 5.32 Å². The Morgan fingerprint density at radius 3 is 2.48 bits per heavy atom. The molecule has 0 bridgehead atoms. The summed E-state index contributed by atoms with van der Waals surface area (Å²) in [4.78, 5) is 16.8. The van der Waals surface area contributed by atoms with Crippen molar-refractivity contribution in [3.63, 3.8) is 0 Å². The van der Waals surface area contributed by atoms with Crippen LogP contribution in [0.15, 0.2) is 35.9 Å². The fraction of sp³-hybridized carbons (Fsp3) is 0.545. The first-order valence-corrected chi connectivity index (χ1v) is 10.1. The van der Waals surface area contributed by atoms with Crippen LogP contribution in [0.3, 0.4) is 0 Å². The summed E-state index contributed by atoms with van der Waals surface area (Å²) in [7, 11) is 0. The largest absolute Gasteiger partial charge is 0.355 e. The van der Waals surface area contributed by atoms with Gasteiger partial charge in [-0.15, -0.1) is 0 Å². The highest BCUT2D eigenvalue weighted by Gasteiger charge is 2.19. The molecule has 0 spiro atoms. The number of nitriles is 1. The van der Waals surface area contributed by atoms with E-state index < -0.39 is 0 Å². The lowest BCUT2D eigenvalue weighted by atomic mass is 9.97. The van der Waals surface area contributed by atoms with Gasteiger partial charge in [-0.3, -0.25) is 14.6 Å². The van der Waals surface area contributed by atoms with E-state index in [0.29, 0.717) is 12.1 Å². The molecule has 5 nitrogen and oxygen atoms in total. The summed E-state index contributed by atoms with van der Waals surface area (Å²) in [6.07, 6.45) is 8.37. The number of rotatable bonds is 7. The molecule has 5 heteroatoms. The number of nitrogens with zero attached hydrogens (tertiary/aromatic N) is 3. The maximum atomic E-state index is 12.2. The fourth-order valence-electron chi connectivity index (χ4n) is 3.80. The molecule has 1 amide bonds. The van der Waals surface area contributed by atoms with Crippen molar-refractivity contribution in [1.29, 1.82) is 5.26 Å². The average Bonchev–Trinajstić information content (AvgIpc) is 2.71. The van der Waals surface area contributed by atoms with Gasteiger partial charge in [0.05, 0.1) is 18.2 Å². The molecule has 2 aliphatic rings. The van der Waals surface area contributed by atoms with Gasteiger partial charge in [0.25, 0.3) is 0 Å². The monoisotopic (exact) mass is 366 g/mol. The molecule has 1 aliphatic heterocycles. The van der Waals surface area contributed by atoms with Crippen LogP contribution in [0.4, 0.5) is 0 Å².